The summed E-state index contributed by atoms with van der Waals surface area (Å²) in [7, 11) is 0. The Bertz CT molecular complexity index is 773. The largest absolute Gasteiger partial charge is 0.449 e. The minimum absolute atomic E-state index is 0.211. The highest BCUT2D eigenvalue weighted by molar-refractivity contribution is 7.09. The number of aromatic nitrogens is 1. The summed E-state index contributed by atoms with van der Waals surface area (Å²) >= 11 is 1.69. The maximum absolute atomic E-state index is 12.6. The maximum Gasteiger partial charge on any atom is 0.340 e. The Labute approximate surface area is 158 Å². The molecule has 0 bridgehead atoms. The van der Waals surface area contributed by atoms with Crippen LogP contribution in [0.1, 0.15) is 59.2 Å². The second-order valence-corrected chi connectivity index (χ2v) is 8.02. The fraction of sp³-hybridized carbons (Fsp3) is 0.500. The third-order valence-corrected chi connectivity index (χ3v) is 5.90. The van der Waals surface area contributed by atoms with Crippen LogP contribution in [0.5, 0.6) is 0 Å². The van der Waals surface area contributed by atoms with Gasteiger partial charge < -0.3 is 14.6 Å². The second kappa shape index (κ2) is 8.08. The van der Waals surface area contributed by atoms with E-state index in [0.29, 0.717) is 5.56 Å². The number of ether oxygens (including phenoxy) is 1. The Hall–Kier alpha value is -2.08. The smallest absolute Gasteiger partial charge is 0.340 e. The lowest BCUT2D eigenvalue weighted by Crippen LogP contribution is -2.40. The molecular formula is C20H26N2O3S. The number of nitrogens with one attached hydrogen (secondary N) is 1. The zero-order valence-corrected chi connectivity index (χ0v) is 16.4. The number of hydrogen-bond donors (Lipinski definition) is 1. The van der Waals surface area contributed by atoms with Gasteiger partial charge in [-0.05, 0) is 51.1 Å². The molecule has 5 nitrogen and oxygen atoms in total. The van der Waals surface area contributed by atoms with Crippen molar-refractivity contribution in [2.75, 3.05) is 0 Å². The van der Waals surface area contributed by atoms with E-state index in [1.807, 2.05) is 31.4 Å². The molecule has 6 heteroatoms. The summed E-state index contributed by atoms with van der Waals surface area (Å²) in [5.74, 6) is -0.651. The minimum Gasteiger partial charge on any atom is -0.449 e. The number of thiophene rings is 1. The van der Waals surface area contributed by atoms with Crippen molar-refractivity contribution in [2.45, 2.75) is 65.1 Å². The van der Waals surface area contributed by atoms with E-state index < -0.39 is 12.1 Å². The number of amides is 1. The van der Waals surface area contributed by atoms with E-state index in [-0.39, 0.29) is 11.9 Å². The van der Waals surface area contributed by atoms with Gasteiger partial charge in [0.15, 0.2) is 6.10 Å². The predicted octanol–water partition coefficient (Wildman–Crippen LogP) is 3.82. The topological polar surface area (TPSA) is 60.3 Å². The Balaban J connectivity index is 1.64. The standard InChI is InChI=1S/C20H26N2O3S/c1-13-11-18(14(2)22(13)12-17-9-6-10-26-17)20(24)25-15(3)19(23)21-16-7-4-5-8-16/h6,9-11,15-16H,4-5,7-8,12H2,1-3H3,(H,21,23)/t15-/m0/s1. The van der Waals surface area contributed by atoms with E-state index in [1.54, 1.807) is 18.3 Å². The predicted molar refractivity (Wildman–Crippen MR) is 103 cm³/mol. The molecule has 1 aliphatic rings. The first-order valence-electron chi connectivity index (χ1n) is 9.16. The zero-order valence-electron chi connectivity index (χ0n) is 15.6. The third-order valence-electron chi connectivity index (χ3n) is 5.04. The van der Waals surface area contributed by atoms with Crippen LogP contribution in [0, 0.1) is 13.8 Å². The van der Waals surface area contributed by atoms with Crippen molar-refractivity contribution in [2.24, 2.45) is 0 Å². The molecule has 2 heterocycles. The van der Waals surface area contributed by atoms with Gasteiger partial charge in [0.1, 0.15) is 0 Å². The van der Waals surface area contributed by atoms with E-state index in [4.69, 9.17) is 4.74 Å². The highest BCUT2D eigenvalue weighted by Gasteiger charge is 2.25. The lowest BCUT2D eigenvalue weighted by molar-refractivity contribution is -0.129. The van der Waals surface area contributed by atoms with Crippen LogP contribution in [0.2, 0.25) is 0 Å². The number of carbonyl (C=O) groups is 2. The number of nitrogens with zero attached hydrogens (tertiary/aromatic N) is 1. The highest BCUT2D eigenvalue weighted by atomic mass is 32.1. The average Bonchev–Trinajstić information content (AvgIpc) is 3.34. The van der Waals surface area contributed by atoms with E-state index >= 15 is 0 Å². The fourth-order valence-corrected chi connectivity index (χ4v) is 4.17. The summed E-state index contributed by atoms with van der Waals surface area (Å²) in [6, 6.07) is 6.16. The minimum atomic E-state index is -0.788. The highest BCUT2D eigenvalue weighted by Crippen LogP contribution is 2.21. The molecule has 1 saturated carbocycles. The van der Waals surface area contributed by atoms with Crippen LogP contribution in [0.3, 0.4) is 0 Å². The van der Waals surface area contributed by atoms with Crippen molar-refractivity contribution in [1.29, 1.82) is 0 Å². The Morgan fingerprint density at radius 1 is 1.35 bits per heavy atom. The summed E-state index contributed by atoms with van der Waals surface area (Å²) in [5, 5.41) is 5.02. The molecular weight excluding hydrogens is 348 g/mol. The monoisotopic (exact) mass is 374 g/mol. The number of rotatable bonds is 6. The molecule has 2 aromatic rings. The average molecular weight is 375 g/mol. The molecule has 1 aliphatic carbocycles. The SMILES string of the molecule is Cc1cc(C(=O)O[C@@H](C)C(=O)NC2CCCC2)c(C)n1Cc1cccs1. The molecule has 1 N–H and O–H groups in total. The molecule has 1 fully saturated rings. The normalized spacial score (nSPS) is 15.8. The number of carbonyl (C=O) groups excluding carboxylic acids is 2. The fourth-order valence-electron chi connectivity index (χ4n) is 3.48. The van der Waals surface area contributed by atoms with Crippen molar-refractivity contribution in [3.63, 3.8) is 0 Å². The summed E-state index contributed by atoms with van der Waals surface area (Å²) in [5.41, 5.74) is 2.40. The molecule has 1 atom stereocenters. The molecule has 0 spiro atoms. The quantitative estimate of drug-likeness (QED) is 0.782. The van der Waals surface area contributed by atoms with Gasteiger partial charge in [-0.3, -0.25) is 4.79 Å². The van der Waals surface area contributed by atoms with Gasteiger partial charge in [0.2, 0.25) is 0 Å². The van der Waals surface area contributed by atoms with Crippen LogP contribution in [-0.2, 0) is 16.1 Å². The van der Waals surface area contributed by atoms with E-state index in [2.05, 4.69) is 16.0 Å². The number of esters is 1. The summed E-state index contributed by atoms with van der Waals surface area (Å²) in [6.45, 7) is 6.27. The zero-order chi connectivity index (χ0) is 18.7. The molecule has 0 aromatic carbocycles. The van der Waals surface area contributed by atoms with Crippen molar-refractivity contribution >= 4 is 23.2 Å². The Morgan fingerprint density at radius 2 is 2.08 bits per heavy atom. The van der Waals surface area contributed by atoms with Crippen LogP contribution < -0.4 is 5.32 Å². The molecule has 0 radical (unpaired) electrons. The van der Waals surface area contributed by atoms with Gasteiger partial charge >= 0.3 is 5.97 Å². The second-order valence-electron chi connectivity index (χ2n) is 6.99. The van der Waals surface area contributed by atoms with Gasteiger partial charge in [-0.15, -0.1) is 11.3 Å². The molecule has 0 unspecified atom stereocenters. The molecule has 0 aliphatic heterocycles. The summed E-state index contributed by atoms with van der Waals surface area (Å²) in [6.07, 6.45) is 3.53. The first kappa shape index (κ1) is 18.7. The molecule has 3 rings (SSSR count). The third kappa shape index (κ3) is 4.18. The van der Waals surface area contributed by atoms with Crippen molar-refractivity contribution in [1.82, 2.24) is 9.88 Å². The first-order chi connectivity index (χ1) is 12.5. The van der Waals surface area contributed by atoms with Gasteiger partial charge in [0.25, 0.3) is 5.91 Å². The van der Waals surface area contributed by atoms with Gasteiger partial charge in [0, 0.05) is 22.3 Å². The van der Waals surface area contributed by atoms with Crippen molar-refractivity contribution < 1.29 is 14.3 Å². The molecule has 2 aromatic heterocycles. The lowest BCUT2D eigenvalue weighted by Gasteiger charge is -2.17. The molecule has 140 valence electrons. The molecule has 1 amide bonds. The van der Waals surface area contributed by atoms with E-state index in [1.165, 1.54) is 4.88 Å². The number of hydrogen-bond acceptors (Lipinski definition) is 4. The van der Waals surface area contributed by atoms with Crippen molar-refractivity contribution in [3.8, 4) is 0 Å². The van der Waals surface area contributed by atoms with Crippen LogP contribution >= 0.6 is 11.3 Å². The summed E-state index contributed by atoms with van der Waals surface area (Å²) < 4.78 is 7.53. The van der Waals surface area contributed by atoms with Crippen molar-refractivity contribution in [3.05, 3.63) is 45.4 Å². The Morgan fingerprint density at radius 3 is 2.73 bits per heavy atom. The van der Waals surface area contributed by atoms with Gasteiger partial charge in [-0.25, -0.2) is 4.79 Å². The summed E-state index contributed by atoms with van der Waals surface area (Å²) in [4.78, 5) is 26.0. The van der Waals surface area contributed by atoms with Crippen LogP contribution in [0.15, 0.2) is 23.6 Å². The van der Waals surface area contributed by atoms with E-state index in [9.17, 15) is 9.59 Å². The van der Waals surface area contributed by atoms with Crippen LogP contribution in [-0.4, -0.2) is 28.6 Å². The number of aryl methyl sites for hydroxylation is 1. The van der Waals surface area contributed by atoms with Crippen LogP contribution in [0.4, 0.5) is 0 Å². The first-order valence-corrected chi connectivity index (χ1v) is 10.0. The van der Waals surface area contributed by atoms with E-state index in [0.717, 1.165) is 43.6 Å². The van der Waals surface area contributed by atoms with Crippen LogP contribution in [0.25, 0.3) is 0 Å². The maximum atomic E-state index is 12.6. The molecule has 0 saturated heterocycles. The lowest BCUT2D eigenvalue weighted by atomic mass is 10.2. The van der Waals surface area contributed by atoms with Gasteiger partial charge in [0.05, 0.1) is 12.1 Å². The molecule has 26 heavy (non-hydrogen) atoms. The Kier molecular flexibility index (Phi) is 5.81. The van der Waals surface area contributed by atoms with Gasteiger partial charge in [-0.2, -0.15) is 0 Å². The van der Waals surface area contributed by atoms with Gasteiger partial charge in [-0.1, -0.05) is 18.9 Å².